The second-order valence-electron chi connectivity index (χ2n) is 12.7. The van der Waals surface area contributed by atoms with Crippen molar-refractivity contribution in [3.63, 3.8) is 0 Å². The fraction of sp³-hybridized carbons (Fsp3) is 0.350. The standard InChI is InChI=1S/C40H46N2O8/c1-26(39(45,28-16-7-11-20-32(28)47-3)29-17-8-12-21-33(29)48-4)41-36(43)38(24-15-25-38)37(44)42-27(2)40(46,30-18-9-13-22-34(30)49-5)31-19-10-14-23-35(31)50-6/h7-14,16-23,26-27,45-46H,15,24-25H2,1-6H3,(H,41,43)(H,42,44)/t26-,27-/m1/s1. The summed E-state index contributed by atoms with van der Waals surface area (Å²) in [5, 5.41) is 31.3. The van der Waals surface area contributed by atoms with Crippen LogP contribution in [0.4, 0.5) is 0 Å². The molecular formula is C40H46N2O8. The predicted molar refractivity (Wildman–Crippen MR) is 189 cm³/mol. The Kier molecular flexibility index (Phi) is 10.7. The largest absolute Gasteiger partial charge is 0.496 e. The number of carbonyl (C=O) groups is 2. The monoisotopic (exact) mass is 682 g/mol. The van der Waals surface area contributed by atoms with E-state index in [-0.39, 0.29) is 12.8 Å². The minimum absolute atomic E-state index is 0.285. The van der Waals surface area contributed by atoms with Gasteiger partial charge < -0.3 is 39.8 Å². The van der Waals surface area contributed by atoms with Gasteiger partial charge in [0.25, 0.3) is 0 Å². The minimum Gasteiger partial charge on any atom is -0.496 e. The third-order valence-corrected chi connectivity index (χ3v) is 10.1. The van der Waals surface area contributed by atoms with E-state index in [1.165, 1.54) is 28.4 Å². The van der Waals surface area contributed by atoms with Gasteiger partial charge in [0.1, 0.15) is 39.6 Å². The van der Waals surface area contributed by atoms with Crippen molar-refractivity contribution in [2.75, 3.05) is 28.4 Å². The molecule has 2 amide bonds. The SMILES string of the molecule is COc1ccccc1C(O)(c1ccccc1OC)[C@@H](C)NC(=O)C1(C(=O)N[C@H](C)C(O)(c2ccccc2OC)c2ccccc2OC)CCC1. The van der Waals surface area contributed by atoms with Gasteiger partial charge in [-0.05, 0) is 51.0 Å². The molecule has 0 saturated heterocycles. The van der Waals surface area contributed by atoms with Crippen molar-refractivity contribution >= 4 is 11.8 Å². The summed E-state index contributed by atoms with van der Waals surface area (Å²) in [6.45, 7) is 3.37. The third-order valence-electron chi connectivity index (χ3n) is 10.1. The molecule has 4 aromatic rings. The van der Waals surface area contributed by atoms with Crippen LogP contribution in [-0.2, 0) is 20.8 Å². The molecule has 0 bridgehead atoms. The summed E-state index contributed by atoms with van der Waals surface area (Å²) in [7, 11) is 6.04. The highest BCUT2D eigenvalue weighted by atomic mass is 16.5. The predicted octanol–water partition coefficient (Wildman–Crippen LogP) is 5.07. The molecule has 0 aliphatic heterocycles. The second-order valence-corrected chi connectivity index (χ2v) is 12.7. The summed E-state index contributed by atoms with van der Waals surface area (Å²) < 4.78 is 22.6. The first-order chi connectivity index (χ1) is 24.0. The van der Waals surface area contributed by atoms with Gasteiger partial charge in [-0.3, -0.25) is 9.59 Å². The lowest BCUT2D eigenvalue weighted by Crippen LogP contribution is -2.62. The van der Waals surface area contributed by atoms with Gasteiger partial charge in [0.2, 0.25) is 11.8 Å². The summed E-state index contributed by atoms with van der Waals surface area (Å²) in [6.07, 6.45) is 1.22. The van der Waals surface area contributed by atoms with Crippen LogP contribution in [0, 0.1) is 5.41 Å². The summed E-state index contributed by atoms with van der Waals surface area (Å²) in [6, 6.07) is 26.2. The Balaban J connectivity index is 1.50. The Morgan fingerprint density at radius 1 is 0.560 bits per heavy atom. The first-order valence-corrected chi connectivity index (χ1v) is 16.6. The maximum atomic E-state index is 14.3. The van der Waals surface area contributed by atoms with Gasteiger partial charge in [-0.2, -0.15) is 0 Å². The van der Waals surface area contributed by atoms with E-state index in [0.717, 1.165) is 0 Å². The molecular weight excluding hydrogens is 636 g/mol. The van der Waals surface area contributed by atoms with Crippen LogP contribution < -0.4 is 29.6 Å². The molecule has 1 fully saturated rings. The molecule has 0 radical (unpaired) electrons. The van der Waals surface area contributed by atoms with Gasteiger partial charge >= 0.3 is 0 Å². The summed E-state index contributed by atoms with van der Waals surface area (Å²) in [5.74, 6) is 0.583. The van der Waals surface area contributed by atoms with Crippen LogP contribution in [0.15, 0.2) is 97.1 Å². The number of para-hydroxylation sites is 4. The van der Waals surface area contributed by atoms with Crippen LogP contribution in [0.1, 0.15) is 55.4 Å². The molecule has 50 heavy (non-hydrogen) atoms. The van der Waals surface area contributed by atoms with Crippen LogP contribution in [0.25, 0.3) is 0 Å². The number of nitrogens with one attached hydrogen (secondary N) is 2. The van der Waals surface area contributed by atoms with Crippen LogP contribution in [0.3, 0.4) is 0 Å². The van der Waals surface area contributed by atoms with Gasteiger partial charge in [0.05, 0.1) is 40.5 Å². The Morgan fingerprint density at radius 2 is 0.820 bits per heavy atom. The first kappa shape index (κ1) is 36.2. The number of amides is 2. The highest BCUT2D eigenvalue weighted by molar-refractivity contribution is 6.06. The fourth-order valence-electron chi connectivity index (χ4n) is 7.03. The lowest BCUT2D eigenvalue weighted by molar-refractivity contribution is -0.152. The number of carbonyl (C=O) groups excluding carboxylic acids is 2. The minimum atomic E-state index is -1.82. The zero-order valence-electron chi connectivity index (χ0n) is 29.4. The highest BCUT2D eigenvalue weighted by Gasteiger charge is 2.54. The van der Waals surface area contributed by atoms with E-state index in [9.17, 15) is 19.8 Å². The van der Waals surface area contributed by atoms with E-state index in [1.54, 1.807) is 111 Å². The Labute approximate surface area is 293 Å². The number of hydrogen-bond acceptors (Lipinski definition) is 8. The number of aliphatic hydroxyl groups is 2. The summed E-state index contributed by atoms with van der Waals surface area (Å²) in [4.78, 5) is 28.7. The van der Waals surface area contributed by atoms with Crippen molar-refractivity contribution in [1.82, 2.24) is 10.6 Å². The van der Waals surface area contributed by atoms with Crippen molar-refractivity contribution in [2.45, 2.75) is 56.4 Å². The molecule has 0 unspecified atom stereocenters. The number of methoxy groups -OCH3 is 4. The van der Waals surface area contributed by atoms with Gasteiger partial charge in [-0.25, -0.2) is 0 Å². The molecule has 1 saturated carbocycles. The van der Waals surface area contributed by atoms with Crippen molar-refractivity contribution in [3.05, 3.63) is 119 Å². The van der Waals surface area contributed by atoms with Crippen molar-refractivity contribution in [1.29, 1.82) is 0 Å². The molecule has 1 aliphatic carbocycles. The molecule has 264 valence electrons. The van der Waals surface area contributed by atoms with Crippen molar-refractivity contribution < 1.29 is 38.7 Å². The lowest BCUT2D eigenvalue weighted by atomic mass is 9.66. The first-order valence-electron chi connectivity index (χ1n) is 16.6. The third kappa shape index (κ3) is 6.14. The van der Waals surface area contributed by atoms with E-state index in [4.69, 9.17) is 18.9 Å². The van der Waals surface area contributed by atoms with Crippen LogP contribution in [0.5, 0.6) is 23.0 Å². The molecule has 5 rings (SSSR count). The number of hydrogen-bond donors (Lipinski definition) is 4. The molecule has 0 heterocycles. The average molecular weight is 683 g/mol. The van der Waals surface area contributed by atoms with E-state index >= 15 is 0 Å². The fourth-order valence-corrected chi connectivity index (χ4v) is 7.03. The zero-order valence-corrected chi connectivity index (χ0v) is 29.4. The highest BCUT2D eigenvalue weighted by Crippen LogP contribution is 2.47. The topological polar surface area (TPSA) is 136 Å². The quantitative estimate of drug-likeness (QED) is 0.136. The Hall–Kier alpha value is -5.06. The molecule has 0 aromatic heterocycles. The van der Waals surface area contributed by atoms with E-state index in [2.05, 4.69) is 10.6 Å². The maximum Gasteiger partial charge on any atom is 0.236 e. The second kappa shape index (κ2) is 14.8. The molecule has 0 spiro atoms. The molecule has 10 nitrogen and oxygen atoms in total. The van der Waals surface area contributed by atoms with Gasteiger partial charge in [0.15, 0.2) is 0 Å². The van der Waals surface area contributed by atoms with Gasteiger partial charge in [-0.1, -0.05) is 79.2 Å². The van der Waals surface area contributed by atoms with Crippen molar-refractivity contribution in [2.24, 2.45) is 5.41 Å². The average Bonchev–Trinajstić information content (AvgIpc) is 3.13. The molecule has 4 aromatic carbocycles. The molecule has 4 N–H and O–H groups in total. The normalized spacial score (nSPS) is 15.1. The molecule has 2 atom stereocenters. The van der Waals surface area contributed by atoms with Gasteiger partial charge in [0, 0.05) is 22.3 Å². The smallest absolute Gasteiger partial charge is 0.236 e. The van der Waals surface area contributed by atoms with Crippen LogP contribution in [0.2, 0.25) is 0 Å². The lowest BCUT2D eigenvalue weighted by Gasteiger charge is -2.44. The van der Waals surface area contributed by atoms with E-state index in [0.29, 0.717) is 51.7 Å². The maximum absolute atomic E-state index is 14.3. The van der Waals surface area contributed by atoms with Crippen molar-refractivity contribution in [3.8, 4) is 23.0 Å². The number of rotatable bonds is 14. The van der Waals surface area contributed by atoms with E-state index < -0.39 is 40.5 Å². The molecule has 10 heteroatoms. The van der Waals surface area contributed by atoms with Crippen LogP contribution in [-0.4, -0.2) is 62.6 Å². The Bertz CT molecular complexity index is 1600. The van der Waals surface area contributed by atoms with Crippen LogP contribution >= 0.6 is 0 Å². The summed E-state index contributed by atoms with van der Waals surface area (Å²) >= 11 is 0. The van der Waals surface area contributed by atoms with E-state index in [1.807, 2.05) is 0 Å². The zero-order chi connectivity index (χ0) is 36.1. The summed E-state index contributed by atoms with van der Waals surface area (Å²) in [5.41, 5.74) is -3.43. The number of benzene rings is 4. The molecule has 1 aliphatic rings. The number of ether oxygens (including phenoxy) is 4. The Morgan fingerprint density at radius 3 is 1.04 bits per heavy atom. The van der Waals surface area contributed by atoms with Gasteiger partial charge in [-0.15, -0.1) is 0 Å².